The third-order valence-corrected chi connectivity index (χ3v) is 8.36. The second kappa shape index (κ2) is 9.95. The molecule has 1 aliphatic heterocycles. The van der Waals surface area contributed by atoms with Crippen LogP contribution in [0.2, 0.25) is 0 Å². The molecule has 1 heterocycles. The molecule has 1 N–H and O–H groups in total. The van der Waals surface area contributed by atoms with E-state index in [1.807, 2.05) is 49.4 Å². The summed E-state index contributed by atoms with van der Waals surface area (Å²) in [5.41, 5.74) is 3.08. The van der Waals surface area contributed by atoms with Crippen molar-refractivity contribution in [1.29, 1.82) is 0 Å². The average Bonchev–Trinajstić information content (AvgIpc) is 3.20. The first kappa shape index (κ1) is 25.1. The fourth-order valence-electron chi connectivity index (χ4n) is 3.92. The molecule has 35 heavy (non-hydrogen) atoms. The predicted molar refractivity (Wildman–Crippen MR) is 143 cm³/mol. The van der Waals surface area contributed by atoms with Crippen molar-refractivity contribution in [3.8, 4) is 5.75 Å². The van der Waals surface area contributed by atoms with Crippen LogP contribution >= 0.6 is 11.8 Å². The number of ether oxygens (including phenoxy) is 1. The SMILES string of the molecule is CCOc1ccc(N2C(=O)CS[C@H]2c2cccc(NS(=O)(=O)c3ccc(C(C)(C)C)cc3)c2)cc1. The van der Waals surface area contributed by atoms with Gasteiger partial charge in [0.2, 0.25) is 5.91 Å². The molecule has 0 unspecified atom stereocenters. The molecule has 0 radical (unpaired) electrons. The third-order valence-electron chi connectivity index (χ3n) is 5.75. The molecular weight excluding hydrogens is 480 g/mol. The zero-order valence-corrected chi connectivity index (χ0v) is 21.9. The molecule has 1 atom stereocenters. The number of hydrogen-bond donors (Lipinski definition) is 1. The molecule has 1 aliphatic rings. The minimum atomic E-state index is -3.75. The van der Waals surface area contributed by atoms with Gasteiger partial charge in [0.05, 0.1) is 17.3 Å². The summed E-state index contributed by atoms with van der Waals surface area (Å²) in [4.78, 5) is 14.7. The van der Waals surface area contributed by atoms with Gasteiger partial charge in [-0.3, -0.25) is 14.4 Å². The monoisotopic (exact) mass is 510 g/mol. The van der Waals surface area contributed by atoms with Gasteiger partial charge in [-0.25, -0.2) is 8.42 Å². The zero-order chi connectivity index (χ0) is 25.2. The van der Waals surface area contributed by atoms with Gasteiger partial charge < -0.3 is 4.74 Å². The average molecular weight is 511 g/mol. The lowest BCUT2D eigenvalue weighted by molar-refractivity contribution is -0.115. The van der Waals surface area contributed by atoms with Gasteiger partial charge in [0.25, 0.3) is 10.0 Å². The van der Waals surface area contributed by atoms with Crippen molar-refractivity contribution in [2.45, 2.75) is 43.4 Å². The number of carbonyl (C=O) groups excluding carboxylic acids is 1. The molecule has 6 nitrogen and oxygen atoms in total. The van der Waals surface area contributed by atoms with E-state index in [-0.39, 0.29) is 21.6 Å². The maximum atomic E-state index is 13.0. The van der Waals surface area contributed by atoms with Gasteiger partial charge in [0.1, 0.15) is 11.1 Å². The highest BCUT2D eigenvalue weighted by Gasteiger charge is 2.34. The summed E-state index contributed by atoms with van der Waals surface area (Å²) in [5, 5.41) is -0.254. The summed E-state index contributed by atoms with van der Waals surface area (Å²) in [7, 11) is -3.75. The van der Waals surface area contributed by atoms with Crippen LogP contribution in [0.5, 0.6) is 5.75 Å². The van der Waals surface area contributed by atoms with Crippen LogP contribution in [0, 0.1) is 0 Å². The van der Waals surface area contributed by atoms with Gasteiger partial charge in [0, 0.05) is 11.4 Å². The molecule has 0 aliphatic carbocycles. The number of sulfonamides is 1. The van der Waals surface area contributed by atoms with Crippen molar-refractivity contribution in [3.63, 3.8) is 0 Å². The number of carbonyl (C=O) groups is 1. The third kappa shape index (κ3) is 5.65. The maximum Gasteiger partial charge on any atom is 0.261 e. The van der Waals surface area contributed by atoms with Crippen LogP contribution < -0.4 is 14.4 Å². The first-order valence-corrected chi connectivity index (χ1v) is 14.0. The lowest BCUT2D eigenvalue weighted by Gasteiger charge is -2.25. The summed E-state index contributed by atoms with van der Waals surface area (Å²) >= 11 is 1.52. The van der Waals surface area contributed by atoms with Crippen molar-refractivity contribution >= 4 is 39.1 Å². The van der Waals surface area contributed by atoms with Crippen LogP contribution in [0.3, 0.4) is 0 Å². The second-order valence-corrected chi connectivity index (χ2v) is 12.1. The lowest BCUT2D eigenvalue weighted by atomic mass is 9.87. The Labute approximate surface area is 211 Å². The standard InChI is InChI=1S/C27H30N2O4S2/c1-5-33-23-13-11-22(12-14-23)29-25(30)18-34-26(29)19-7-6-8-21(17-19)28-35(31,32)24-15-9-20(10-16-24)27(2,3)4/h6-17,26,28H,5,18H2,1-4H3/t26-/m0/s1. The van der Waals surface area contributed by atoms with E-state index in [9.17, 15) is 13.2 Å². The molecule has 4 rings (SSSR count). The number of nitrogens with one attached hydrogen (secondary N) is 1. The minimum absolute atomic E-state index is 0.00841. The van der Waals surface area contributed by atoms with Crippen molar-refractivity contribution in [2.24, 2.45) is 0 Å². The number of amides is 1. The number of nitrogens with zero attached hydrogens (tertiary/aromatic N) is 1. The highest BCUT2D eigenvalue weighted by atomic mass is 32.2. The molecule has 3 aromatic rings. The summed E-state index contributed by atoms with van der Waals surface area (Å²) < 4.78 is 34.2. The smallest absolute Gasteiger partial charge is 0.261 e. The van der Waals surface area contributed by atoms with E-state index in [0.717, 1.165) is 22.6 Å². The van der Waals surface area contributed by atoms with Gasteiger partial charge in [-0.15, -0.1) is 11.8 Å². The van der Waals surface area contributed by atoms with E-state index >= 15 is 0 Å². The Morgan fingerprint density at radius 3 is 2.34 bits per heavy atom. The molecule has 0 bridgehead atoms. The predicted octanol–water partition coefficient (Wildman–Crippen LogP) is 5.96. The summed E-state index contributed by atoms with van der Waals surface area (Å²) in [6.07, 6.45) is 0. The summed E-state index contributed by atoms with van der Waals surface area (Å²) in [6, 6.07) is 21.6. The number of anilines is 2. The van der Waals surface area contributed by atoms with Crippen molar-refractivity contribution in [3.05, 3.63) is 83.9 Å². The highest BCUT2D eigenvalue weighted by Crippen LogP contribution is 2.42. The Morgan fingerprint density at radius 1 is 1.03 bits per heavy atom. The van der Waals surface area contributed by atoms with E-state index in [2.05, 4.69) is 25.5 Å². The number of benzene rings is 3. The molecule has 0 aromatic heterocycles. The topological polar surface area (TPSA) is 75.7 Å². The largest absolute Gasteiger partial charge is 0.494 e. The van der Waals surface area contributed by atoms with E-state index in [4.69, 9.17) is 4.74 Å². The van der Waals surface area contributed by atoms with E-state index in [1.165, 1.54) is 11.8 Å². The molecule has 184 valence electrons. The second-order valence-electron chi connectivity index (χ2n) is 9.36. The van der Waals surface area contributed by atoms with Gasteiger partial charge in [-0.2, -0.15) is 0 Å². The van der Waals surface area contributed by atoms with Crippen LogP contribution in [0.4, 0.5) is 11.4 Å². The molecule has 0 spiro atoms. The van der Waals surface area contributed by atoms with Gasteiger partial charge in [0.15, 0.2) is 0 Å². The number of hydrogen-bond acceptors (Lipinski definition) is 5. The summed E-state index contributed by atoms with van der Waals surface area (Å²) in [6.45, 7) is 8.75. The first-order valence-electron chi connectivity index (χ1n) is 11.5. The molecule has 1 amide bonds. The first-order chi connectivity index (χ1) is 16.6. The van der Waals surface area contributed by atoms with E-state index < -0.39 is 10.0 Å². The Kier molecular flexibility index (Phi) is 7.15. The molecule has 0 saturated carbocycles. The van der Waals surface area contributed by atoms with E-state index in [1.54, 1.807) is 35.2 Å². The van der Waals surface area contributed by atoms with Crippen molar-refractivity contribution in [2.75, 3.05) is 22.0 Å². The molecule has 1 saturated heterocycles. The summed E-state index contributed by atoms with van der Waals surface area (Å²) in [5.74, 6) is 1.11. The maximum absolute atomic E-state index is 13.0. The molecule has 8 heteroatoms. The Balaban J connectivity index is 1.56. The van der Waals surface area contributed by atoms with Crippen LogP contribution in [0.15, 0.2) is 77.7 Å². The molecular formula is C27H30N2O4S2. The Morgan fingerprint density at radius 2 is 1.71 bits per heavy atom. The number of thioether (sulfide) groups is 1. The van der Waals surface area contributed by atoms with E-state index in [0.29, 0.717) is 18.0 Å². The van der Waals surface area contributed by atoms with Gasteiger partial charge in [-0.05, 0) is 72.0 Å². The van der Waals surface area contributed by atoms with Gasteiger partial charge in [-0.1, -0.05) is 45.0 Å². The van der Waals surface area contributed by atoms with Crippen LogP contribution in [-0.2, 0) is 20.2 Å². The fourth-order valence-corrected chi connectivity index (χ4v) is 6.14. The van der Waals surface area contributed by atoms with Crippen molar-refractivity contribution in [1.82, 2.24) is 0 Å². The Hall–Kier alpha value is -2.97. The van der Waals surface area contributed by atoms with Crippen LogP contribution in [0.1, 0.15) is 44.2 Å². The molecule has 3 aromatic carbocycles. The van der Waals surface area contributed by atoms with Crippen LogP contribution in [-0.4, -0.2) is 26.7 Å². The Bertz CT molecular complexity index is 1300. The van der Waals surface area contributed by atoms with Gasteiger partial charge >= 0.3 is 0 Å². The normalized spacial score (nSPS) is 16.4. The highest BCUT2D eigenvalue weighted by molar-refractivity contribution is 8.00. The zero-order valence-electron chi connectivity index (χ0n) is 20.3. The van der Waals surface area contributed by atoms with Crippen molar-refractivity contribution < 1.29 is 17.9 Å². The lowest BCUT2D eigenvalue weighted by Crippen LogP contribution is -2.27. The number of rotatable bonds is 7. The van der Waals surface area contributed by atoms with Crippen LogP contribution in [0.25, 0.3) is 0 Å². The minimum Gasteiger partial charge on any atom is -0.494 e. The molecule has 1 fully saturated rings. The quantitative estimate of drug-likeness (QED) is 0.424. The fraction of sp³-hybridized carbons (Fsp3) is 0.296.